The molecule has 0 aliphatic heterocycles. The number of hydrogen-bond donors (Lipinski definition) is 1. The van der Waals surface area contributed by atoms with Crippen LogP contribution in [-0.4, -0.2) is 12.7 Å². The van der Waals surface area contributed by atoms with E-state index in [4.69, 9.17) is 5.73 Å². The number of halogens is 2. The number of nitrogens with two attached hydrogens (primary N) is 1. The van der Waals surface area contributed by atoms with Gasteiger partial charge in [0.05, 0.1) is 0 Å². The van der Waals surface area contributed by atoms with E-state index in [1.54, 1.807) is 0 Å². The lowest BCUT2D eigenvalue weighted by molar-refractivity contribution is 0.185. The molecule has 0 heterocycles. The van der Waals surface area contributed by atoms with Gasteiger partial charge in [-0.2, -0.15) is 0 Å². The Balaban J connectivity index is 2.62. The van der Waals surface area contributed by atoms with Gasteiger partial charge in [0.25, 0.3) is 0 Å². The van der Waals surface area contributed by atoms with E-state index < -0.39 is 6.17 Å². The number of hydrogen-bond acceptors (Lipinski definition) is 1. The van der Waals surface area contributed by atoms with Crippen molar-refractivity contribution in [2.75, 3.05) is 6.54 Å². The molecule has 16 heavy (non-hydrogen) atoms. The molecule has 0 saturated carbocycles. The van der Waals surface area contributed by atoms with Gasteiger partial charge in [-0.1, -0.05) is 41.9 Å². The predicted octanol–water partition coefficient (Wildman–Crippen LogP) is 3.56. The molecule has 2 unspecified atom stereocenters. The monoisotopic (exact) mass is 287 g/mol. The van der Waals surface area contributed by atoms with Gasteiger partial charge in [0.1, 0.15) is 6.17 Å². The minimum Gasteiger partial charge on any atom is -0.330 e. The van der Waals surface area contributed by atoms with Crippen LogP contribution in [0.2, 0.25) is 0 Å². The topological polar surface area (TPSA) is 26.0 Å². The predicted molar refractivity (Wildman–Crippen MR) is 70.1 cm³/mol. The lowest BCUT2D eigenvalue weighted by atomic mass is 9.88. The summed E-state index contributed by atoms with van der Waals surface area (Å²) in [5.74, 6) is 0.235. The van der Waals surface area contributed by atoms with E-state index in [1.165, 1.54) is 0 Å². The average molecular weight is 288 g/mol. The van der Waals surface area contributed by atoms with Crippen LogP contribution in [0.25, 0.3) is 0 Å². The van der Waals surface area contributed by atoms with E-state index in [1.807, 2.05) is 38.1 Å². The van der Waals surface area contributed by atoms with Crippen LogP contribution in [0.15, 0.2) is 28.7 Å². The molecule has 3 heteroatoms. The highest BCUT2D eigenvalue weighted by Crippen LogP contribution is 2.21. The Labute approximate surface area is 105 Å². The zero-order chi connectivity index (χ0) is 12.1. The van der Waals surface area contributed by atoms with E-state index in [9.17, 15) is 4.39 Å². The van der Waals surface area contributed by atoms with Crippen LogP contribution in [-0.2, 0) is 6.42 Å². The molecule has 90 valence electrons. The fourth-order valence-electron chi connectivity index (χ4n) is 1.83. The second-order valence-corrected chi connectivity index (χ2v) is 5.41. The van der Waals surface area contributed by atoms with Gasteiger partial charge in [0.15, 0.2) is 0 Å². The number of rotatable bonds is 5. The van der Waals surface area contributed by atoms with E-state index in [0.29, 0.717) is 13.0 Å². The highest BCUT2D eigenvalue weighted by atomic mass is 79.9. The Bertz CT molecular complexity index is 310. The first-order chi connectivity index (χ1) is 7.54. The van der Waals surface area contributed by atoms with Crippen molar-refractivity contribution < 1.29 is 4.39 Å². The van der Waals surface area contributed by atoms with Gasteiger partial charge in [-0.15, -0.1) is 0 Å². The van der Waals surface area contributed by atoms with Gasteiger partial charge in [0, 0.05) is 16.8 Å². The summed E-state index contributed by atoms with van der Waals surface area (Å²) in [6, 6.07) is 7.78. The summed E-state index contributed by atoms with van der Waals surface area (Å²) >= 11 is 3.36. The SMILES string of the molecule is CC(C)C(CN)C(F)Cc1ccc(Br)cc1. The van der Waals surface area contributed by atoms with Gasteiger partial charge >= 0.3 is 0 Å². The molecule has 0 bridgehead atoms. The molecular formula is C13H19BrFN. The van der Waals surface area contributed by atoms with E-state index >= 15 is 0 Å². The van der Waals surface area contributed by atoms with Crippen molar-refractivity contribution in [2.45, 2.75) is 26.4 Å². The van der Waals surface area contributed by atoms with Gasteiger partial charge in [-0.3, -0.25) is 0 Å². The second-order valence-electron chi connectivity index (χ2n) is 4.49. The highest BCUT2D eigenvalue weighted by Gasteiger charge is 2.22. The third-order valence-corrected chi connectivity index (χ3v) is 3.47. The van der Waals surface area contributed by atoms with Crippen LogP contribution < -0.4 is 5.73 Å². The van der Waals surface area contributed by atoms with Gasteiger partial charge < -0.3 is 5.73 Å². The number of alkyl halides is 1. The summed E-state index contributed by atoms with van der Waals surface area (Å²) in [6.07, 6.45) is -0.404. The number of benzene rings is 1. The minimum atomic E-state index is -0.855. The lowest BCUT2D eigenvalue weighted by Crippen LogP contribution is -2.30. The molecule has 0 amide bonds. The summed E-state index contributed by atoms with van der Waals surface area (Å²) in [5.41, 5.74) is 6.63. The molecular weight excluding hydrogens is 269 g/mol. The molecule has 0 radical (unpaired) electrons. The van der Waals surface area contributed by atoms with E-state index in [0.717, 1.165) is 10.0 Å². The molecule has 2 N–H and O–H groups in total. The summed E-state index contributed by atoms with van der Waals surface area (Å²) in [5, 5.41) is 0. The van der Waals surface area contributed by atoms with Crippen LogP contribution in [0, 0.1) is 11.8 Å². The van der Waals surface area contributed by atoms with Crippen LogP contribution in [0.1, 0.15) is 19.4 Å². The fourth-order valence-corrected chi connectivity index (χ4v) is 2.10. The Hall–Kier alpha value is -0.410. The quantitative estimate of drug-likeness (QED) is 0.880. The first-order valence-corrected chi connectivity index (χ1v) is 6.42. The smallest absolute Gasteiger partial charge is 0.108 e. The van der Waals surface area contributed by atoms with Crippen LogP contribution >= 0.6 is 15.9 Å². The van der Waals surface area contributed by atoms with Gasteiger partial charge in [-0.05, 0) is 30.2 Å². The normalized spacial score (nSPS) is 15.1. The molecule has 0 aliphatic rings. The molecule has 1 aromatic carbocycles. The maximum Gasteiger partial charge on any atom is 0.108 e. The standard InChI is InChI=1S/C13H19BrFN/c1-9(2)12(8-16)13(15)7-10-3-5-11(14)6-4-10/h3-6,9,12-13H,7-8,16H2,1-2H3. The molecule has 1 aromatic rings. The Kier molecular flexibility index (Phi) is 5.42. The van der Waals surface area contributed by atoms with Crippen molar-refractivity contribution in [2.24, 2.45) is 17.6 Å². The van der Waals surface area contributed by atoms with Crippen LogP contribution in [0.3, 0.4) is 0 Å². The van der Waals surface area contributed by atoms with Crippen molar-refractivity contribution in [1.82, 2.24) is 0 Å². The van der Waals surface area contributed by atoms with E-state index in [2.05, 4.69) is 15.9 Å². The molecule has 0 fully saturated rings. The lowest BCUT2D eigenvalue weighted by Gasteiger charge is -2.23. The van der Waals surface area contributed by atoms with Crippen LogP contribution in [0.4, 0.5) is 4.39 Å². The summed E-state index contributed by atoms with van der Waals surface area (Å²) in [7, 11) is 0. The maximum atomic E-state index is 14.0. The first kappa shape index (κ1) is 13.7. The van der Waals surface area contributed by atoms with Crippen molar-refractivity contribution in [1.29, 1.82) is 0 Å². The third kappa shape index (κ3) is 3.87. The van der Waals surface area contributed by atoms with Crippen molar-refractivity contribution in [3.05, 3.63) is 34.3 Å². The first-order valence-electron chi connectivity index (χ1n) is 5.63. The molecule has 0 saturated heterocycles. The molecule has 0 aliphatic carbocycles. The Morgan fingerprint density at radius 2 is 1.81 bits per heavy atom. The van der Waals surface area contributed by atoms with Crippen molar-refractivity contribution >= 4 is 15.9 Å². The largest absolute Gasteiger partial charge is 0.330 e. The van der Waals surface area contributed by atoms with Crippen molar-refractivity contribution in [3.8, 4) is 0 Å². The third-order valence-electron chi connectivity index (χ3n) is 2.94. The summed E-state index contributed by atoms with van der Waals surface area (Å²) in [6.45, 7) is 4.45. The van der Waals surface area contributed by atoms with Gasteiger partial charge in [-0.25, -0.2) is 4.39 Å². The average Bonchev–Trinajstić information content (AvgIpc) is 2.22. The molecule has 1 nitrogen and oxygen atoms in total. The fraction of sp³-hybridized carbons (Fsp3) is 0.538. The molecule has 0 spiro atoms. The van der Waals surface area contributed by atoms with Crippen molar-refractivity contribution in [3.63, 3.8) is 0 Å². The Morgan fingerprint density at radius 3 is 2.25 bits per heavy atom. The maximum absolute atomic E-state index is 14.0. The zero-order valence-corrected chi connectivity index (χ0v) is 11.4. The summed E-state index contributed by atoms with van der Waals surface area (Å²) < 4.78 is 15.0. The molecule has 0 aromatic heterocycles. The zero-order valence-electron chi connectivity index (χ0n) is 9.79. The summed E-state index contributed by atoms with van der Waals surface area (Å²) in [4.78, 5) is 0. The van der Waals surface area contributed by atoms with E-state index in [-0.39, 0.29) is 11.8 Å². The van der Waals surface area contributed by atoms with Gasteiger partial charge in [0.2, 0.25) is 0 Å². The molecule has 1 rings (SSSR count). The Morgan fingerprint density at radius 1 is 1.25 bits per heavy atom. The highest BCUT2D eigenvalue weighted by molar-refractivity contribution is 9.10. The molecule has 2 atom stereocenters. The minimum absolute atomic E-state index is 0.0522. The van der Waals surface area contributed by atoms with Crippen LogP contribution in [0.5, 0.6) is 0 Å². The second kappa shape index (κ2) is 6.36.